The Morgan fingerprint density at radius 1 is 1.26 bits per heavy atom. The number of nitrogens with one attached hydrogen (secondary N) is 2. The predicted octanol–water partition coefficient (Wildman–Crippen LogP) is 5.27. The van der Waals surface area contributed by atoms with Crippen LogP contribution in [0.4, 0.5) is 10.1 Å². The van der Waals surface area contributed by atoms with Crippen LogP contribution in [0.2, 0.25) is 10.0 Å². The molecule has 1 amide bonds. The van der Waals surface area contributed by atoms with Gasteiger partial charge in [0.15, 0.2) is 0 Å². The maximum Gasteiger partial charge on any atom is 0.256 e. The molecule has 0 fully saturated rings. The number of aromatic amines is 1. The normalized spacial score (nSPS) is 15.8. The molecule has 0 spiro atoms. The average Bonchev–Trinajstić information content (AvgIpc) is 2.72. The number of fused-ring (bicyclic) bond motifs is 2. The number of nitrogens with zero attached hydrogens (tertiary/aromatic N) is 1. The molecule has 0 bridgehead atoms. The van der Waals surface area contributed by atoms with Crippen molar-refractivity contribution in [2.24, 2.45) is 0 Å². The number of carbonyl (C=O) groups is 1. The Balaban J connectivity index is 1.54. The number of alkyl halides is 1. The predicted molar refractivity (Wildman–Crippen MR) is 123 cm³/mol. The lowest BCUT2D eigenvalue weighted by molar-refractivity contribution is -0.131. The summed E-state index contributed by atoms with van der Waals surface area (Å²) in [7, 11) is 0. The van der Waals surface area contributed by atoms with Gasteiger partial charge in [0.1, 0.15) is 5.82 Å². The summed E-state index contributed by atoms with van der Waals surface area (Å²) in [6.45, 7) is 2.32. The Morgan fingerprint density at radius 3 is 2.77 bits per heavy atom. The lowest BCUT2D eigenvalue weighted by atomic mass is 9.93. The van der Waals surface area contributed by atoms with E-state index in [4.69, 9.17) is 34.8 Å². The highest BCUT2D eigenvalue weighted by atomic mass is 35.5. The van der Waals surface area contributed by atoms with Gasteiger partial charge in [-0.05, 0) is 60.2 Å². The molecule has 2 aromatic carbocycles. The summed E-state index contributed by atoms with van der Waals surface area (Å²) in [6, 6.07) is 7.67. The molecule has 1 aliphatic heterocycles. The smallest absolute Gasteiger partial charge is 0.256 e. The van der Waals surface area contributed by atoms with E-state index in [-0.39, 0.29) is 35.4 Å². The minimum Gasteiger partial charge on any atom is -0.374 e. The van der Waals surface area contributed by atoms with Gasteiger partial charge in [0.05, 0.1) is 29.5 Å². The van der Waals surface area contributed by atoms with Crippen LogP contribution in [0.25, 0.3) is 10.8 Å². The van der Waals surface area contributed by atoms with Crippen LogP contribution in [-0.4, -0.2) is 28.9 Å². The largest absolute Gasteiger partial charge is 0.374 e. The van der Waals surface area contributed by atoms with Gasteiger partial charge in [-0.1, -0.05) is 23.2 Å². The molecule has 31 heavy (non-hydrogen) atoms. The van der Waals surface area contributed by atoms with Gasteiger partial charge in [-0.3, -0.25) is 9.59 Å². The molecular formula is C22H19Cl3FN3O2. The highest BCUT2D eigenvalue weighted by Gasteiger charge is 2.29. The summed E-state index contributed by atoms with van der Waals surface area (Å²) < 4.78 is 14.5. The van der Waals surface area contributed by atoms with E-state index in [1.54, 1.807) is 17.0 Å². The van der Waals surface area contributed by atoms with Gasteiger partial charge < -0.3 is 15.2 Å². The molecule has 3 aromatic rings. The van der Waals surface area contributed by atoms with Gasteiger partial charge in [0.25, 0.3) is 5.56 Å². The molecule has 1 aliphatic rings. The molecule has 0 aliphatic carbocycles. The number of hydrogen-bond acceptors (Lipinski definition) is 3. The van der Waals surface area contributed by atoms with Gasteiger partial charge in [-0.2, -0.15) is 0 Å². The molecule has 0 saturated carbocycles. The number of aromatic nitrogens is 1. The summed E-state index contributed by atoms with van der Waals surface area (Å²) in [5, 5.41) is 4.72. The number of amides is 1. The number of hydrogen-bond donors (Lipinski definition) is 2. The van der Waals surface area contributed by atoms with Crippen molar-refractivity contribution >= 4 is 57.2 Å². The quantitative estimate of drug-likeness (QED) is 0.498. The van der Waals surface area contributed by atoms with Crippen LogP contribution in [0.15, 0.2) is 35.1 Å². The highest BCUT2D eigenvalue weighted by molar-refractivity contribution is 6.35. The monoisotopic (exact) mass is 481 g/mol. The Labute approximate surface area is 193 Å². The van der Waals surface area contributed by atoms with Crippen LogP contribution < -0.4 is 10.9 Å². The molecule has 1 atom stereocenters. The molecule has 1 aromatic heterocycles. The average molecular weight is 483 g/mol. The highest BCUT2D eigenvalue weighted by Crippen LogP contribution is 2.37. The van der Waals surface area contributed by atoms with E-state index >= 15 is 0 Å². The van der Waals surface area contributed by atoms with Crippen molar-refractivity contribution in [1.82, 2.24) is 9.88 Å². The fraction of sp³-hybridized carbons (Fsp3) is 0.273. The minimum absolute atomic E-state index is 0.0984. The van der Waals surface area contributed by atoms with E-state index in [9.17, 15) is 14.0 Å². The van der Waals surface area contributed by atoms with Crippen LogP contribution in [0.1, 0.15) is 29.8 Å². The number of halogens is 4. The second-order valence-electron chi connectivity index (χ2n) is 7.50. The third kappa shape index (κ3) is 4.25. The van der Waals surface area contributed by atoms with E-state index in [0.717, 1.165) is 17.2 Å². The zero-order chi connectivity index (χ0) is 22.3. The standard InChI is InChI=1S/C22H19Cl3FN3O2/c1-11-21-12(4-14(24)7-17(21)25)2-3-29(11)20(30)10-27-19-6-13-5-15(9-23)28-22(31)16(13)8-18(19)26/h4-8,11,27H,2-3,9-10H2,1H3,(H,28,31). The van der Waals surface area contributed by atoms with Crippen LogP contribution in [-0.2, 0) is 17.1 Å². The lowest BCUT2D eigenvalue weighted by Crippen LogP contribution is -2.42. The first-order valence-corrected chi connectivity index (χ1v) is 11.0. The Hall–Kier alpha value is -2.28. The van der Waals surface area contributed by atoms with E-state index in [0.29, 0.717) is 34.1 Å². The van der Waals surface area contributed by atoms with Crippen molar-refractivity contribution in [3.8, 4) is 0 Å². The Morgan fingerprint density at radius 2 is 2.03 bits per heavy atom. The van der Waals surface area contributed by atoms with Gasteiger partial charge in [-0.25, -0.2) is 4.39 Å². The van der Waals surface area contributed by atoms with Crippen LogP contribution >= 0.6 is 34.8 Å². The van der Waals surface area contributed by atoms with E-state index in [1.165, 1.54) is 6.07 Å². The second kappa shape index (κ2) is 8.69. The van der Waals surface area contributed by atoms with Crippen molar-refractivity contribution in [3.05, 3.63) is 73.4 Å². The second-order valence-corrected chi connectivity index (χ2v) is 8.61. The number of carbonyl (C=O) groups excluding carboxylic acids is 1. The molecule has 4 rings (SSSR count). The number of rotatable bonds is 4. The van der Waals surface area contributed by atoms with Crippen LogP contribution in [0, 0.1) is 5.82 Å². The van der Waals surface area contributed by atoms with Crippen molar-refractivity contribution in [2.45, 2.75) is 25.3 Å². The maximum absolute atomic E-state index is 14.5. The third-order valence-electron chi connectivity index (χ3n) is 5.57. The SMILES string of the molecule is CC1c2c(Cl)cc(Cl)cc2CCN1C(=O)CNc1cc2cc(CCl)[nH]c(=O)c2cc1F. The molecule has 5 nitrogen and oxygen atoms in total. The van der Waals surface area contributed by atoms with Crippen molar-refractivity contribution in [2.75, 3.05) is 18.4 Å². The molecular weight excluding hydrogens is 464 g/mol. The molecule has 2 N–H and O–H groups in total. The van der Waals surface area contributed by atoms with Crippen molar-refractivity contribution in [1.29, 1.82) is 0 Å². The number of benzene rings is 2. The van der Waals surface area contributed by atoms with Gasteiger partial charge in [-0.15, -0.1) is 11.6 Å². The lowest BCUT2D eigenvalue weighted by Gasteiger charge is -2.36. The van der Waals surface area contributed by atoms with Gasteiger partial charge in [0.2, 0.25) is 5.91 Å². The zero-order valence-electron chi connectivity index (χ0n) is 16.6. The molecule has 1 unspecified atom stereocenters. The number of anilines is 1. The summed E-state index contributed by atoms with van der Waals surface area (Å²) in [6.07, 6.45) is 0.639. The summed E-state index contributed by atoms with van der Waals surface area (Å²) in [5.74, 6) is -0.665. The van der Waals surface area contributed by atoms with E-state index in [1.807, 2.05) is 13.0 Å². The Bertz CT molecular complexity index is 1240. The van der Waals surface area contributed by atoms with Crippen LogP contribution in [0.5, 0.6) is 0 Å². The van der Waals surface area contributed by atoms with Crippen molar-refractivity contribution < 1.29 is 9.18 Å². The van der Waals surface area contributed by atoms with Crippen LogP contribution in [0.3, 0.4) is 0 Å². The maximum atomic E-state index is 14.5. The Kier molecular flexibility index (Phi) is 6.15. The van der Waals surface area contributed by atoms with Crippen molar-refractivity contribution in [3.63, 3.8) is 0 Å². The molecule has 2 heterocycles. The number of H-pyrrole nitrogens is 1. The van der Waals surface area contributed by atoms with Gasteiger partial charge in [0, 0.05) is 22.3 Å². The molecule has 0 saturated heterocycles. The first-order valence-electron chi connectivity index (χ1n) is 9.71. The molecule has 0 radical (unpaired) electrons. The topological polar surface area (TPSA) is 65.2 Å². The fourth-order valence-corrected chi connectivity index (χ4v) is 4.90. The number of pyridine rings is 1. The van der Waals surface area contributed by atoms with E-state index < -0.39 is 11.4 Å². The molecule has 9 heteroatoms. The first kappa shape index (κ1) is 21.9. The first-order chi connectivity index (χ1) is 14.8. The summed E-state index contributed by atoms with van der Waals surface area (Å²) in [4.78, 5) is 29.3. The summed E-state index contributed by atoms with van der Waals surface area (Å²) in [5.41, 5.74) is 2.18. The van der Waals surface area contributed by atoms with E-state index in [2.05, 4.69) is 10.3 Å². The zero-order valence-corrected chi connectivity index (χ0v) is 18.8. The fourth-order valence-electron chi connectivity index (χ4n) is 4.07. The summed E-state index contributed by atoms with van der Waals surface area (Å²) >= 11 is 18.3. The minimum atomic E-state index is -0.612. The van der Waals surface area contributed by atoms with Gasteiger partial charge >= 0.3 is 0 Å². The molecule has 162 valence electrons. The third-order valence-corrected chi connectivity index (χ3v) is 6.39.